The van der Waals surface area contributed by atoms with Crippen LogP contribution < -0.4 is 10.6 Å². The van der Waals surface area contributed by atoms with Crippen molar-refractivity contribution >= 4 is 5.91 Å². The van der Waals surface area contributed by atoms with Crippen LogP contribution in [0, 0.1) is 0 Å². The Morgan fingerprint density at radius 3 is 3.00 bits per heavy atom. The number of carbonyl (C=O) groups excluding carboxylic acids is 1. The molecule has 1 saturated heterocycles. The number of ether oxygens (including phenoxy) is 1. The SMILES string of the molecule is CC(C)=CCNC(=O)CC1COCCN1. The maximum absolute atomic E-state index is 11.5. The number of hydrogen-bond acceptors (Lipinski definition) is 3. The summed E-state index contributed by atoms with van der Waals surface area (Å²) in [6.45, 7) is 6.87. The molecule has 0 aromatic heterocycles. The molecule has 1 heterocycles. The van der Waals surface area contributed by atoms with Crippen LogP contribution >= 0.6 is 0 Å². The summed E-state index contributed by atoms with van der Waals surface area (Å²) in [5.41, 5.74) is 1.22. The van der Waals surface area contributed by atoms with Crippen LogP contribution in [0.5, 0.6) is 0 Å². The smallest absolute Gasteiger partial charge is 0.221 e. The molecule has 0 aromatic rings. The van der Waals surface area contributed by atoms with E-state index in [0.717, 1.165) is 13.2 Å². The van der Waals surface area contributed by atoms with E-state index in [-0.39, 0.29) is 11.9 Å². The number of hydrogen-bond donors (Lipinski definition) is 2. The van der Waals surface area contributed by atoms with Crippen molar-refractivity contribution in [2.24, 2.45) is 0 Å². The first-order valence-corrected chi connectivity index (χ1v) is 5.39. The van der Waals surface area contributed by atoms with Crippen molar-refractivity contribution < 1.29 is 9.53 Å². The fourth-order valence-electron chi connectivity index (χ4n) is 1.42. The third-order valence-electron chi connectivity index (χ3n) is 2.24. The molecule has 4 nitrogen and oxygen atoms in total. The van der Waals surface area contributed by atoms with Gasteiger partial charge in [-0.25, -0.2) is 0 Å². The van der Waals surface area contributed by atoms with Gasteiger partial charge in [-0.3, -0.25) is 4.79 Å². The second-order valence-electron chi connectivity index (χ2n) is 4.02. The maximum atomic E-state index is 11.5. The van der Waals surface area contributed by atoms with E-state index in [1.807, 2.05) is 19.9 Å². The maximum Gasteiger partial charge on any atom is 0.221 e. The summed E-state index contributed by atoms with van der Waals surface area (Å²) in [7, 11) is 0. The lowest BCUT2D eigenvalue weighted by atomic mass is 10.2. The average Bonchev–Trinajstić information content (AvgIpc) is 2.18. The number of nitrogens with one attached hydrogen (secondary N) is 2. The molecular weight excluding hydrogens is 192 g/mol. The Hall–Kier alpha value is -0.870. The molecule has 15 heavy (non-hydrogen) atoms. The number of morpholine rings is 1. The van der Waals surface area contributed by atoms with Gasteiger partial charge in [0, 0.05) is 25.6 Å². The average molecular weight is 212 g/mol. The zero-order chi connectivity index (χ0) is 11.1. The summed E-state index contributed by atoms with van der Waals surface area (Å²) in [4.78, 5) is 11.5. The molecule has 1 fully saturated rings. The van der Waals surface area contributed by atoms with Crippen LogP contribution in [-0.4, -0.2) is 38.3 Å². The molecule has 0 aromatic carbocycles. The van der Waals surface area contributed by atoms with E-state index in [9.17, 15) is 4.79 Å². The van der Waals surface area contributed by atoms with Gasteiger partial charge in [0.15, 0.2) is 0 Å². The van der Waals surface area contributed by atoms with Crippen LogP contribution in [0.1, 0.15) is 20.3 Å². The van der Waals surface area contributed by atoms with E-state index in [1.54, 1.807) is 0 Å². The first-order chi connectivity index (χ1) is 7.18. The van der Waals surface area contributed by atoms with E-state index in [2.05, 4.69) is 10.6 Å². The summed E-state index contributed by atoms with van der Waals surface area (Å²) in [5, 5.41) is 6.10. The zero-order valence-corrected chi connectivity index (χ0v) is 9.51. The van der Waals surface area contributed by atoms with Crippen molar-refractivity contribution in [2.75, 3.05) is 26.3 Å². The first-order valence-electron chi connectivity index (χ1n) is 5.39. The molecule has 1 rings (SSSR count). The fourth-order valence-corrected chi connectivity index (χ4v) is 1.42. The van der Waals surface area contributed by atoms with Crippen molar-refractivity contribution in [1.29, 1.82) is 0 Å². The quantitative estimate of drug-likeness (QED) is 0.665. The summed E-state index contributed by atoms with van der Waals surface area (Å²) in [5.74, 6) is 0.0792. The molecule has 1 atom stereocenters. The van der Waals surface area contributed by atoms with Crippen LogP contribution in [-0.2, 0) is 9.53 Å². The van der Waals surface area contributed by atoms with Gasteiger partial charge in [0.05, 0.1) is 13.2 Å². The van der Waals surface area contributed by atoms with E-state index in [4.69, 9.17) is 4.74 Å². The molecule has 4 heteroatoms. The Kier molecular flexibility index (Phi) is 5.36. The van der Waals surface area contributed by atoms with Crippen molar-refractivity contribution in [3.05, 3.63) is 11.6 Å². The van der Waals surface area contributed by atoms with Crippen molar-refractivity contribution in [1.82, 2.24) is 10.6 Å². The Labute approximate surface area is 91.1 Å². The van der Waals surface area contributed by atoms with Gasteiger partial charge in [-0.05, 0) is 13.8 Å². The highest BCUT2D eigenvalue weighted by Gasteiger charge is 2.15. The van der Waals surface area contributed by atoms with Crippen molar-refractivity contribution in [3.8, 4) is 0 Å². The van der Waals surface area contributed by atoms with Crippen LogP contribution in [0.4, 0.5) is 0 Å². The highest BCUT2D eigenvalue weighted by molar-refractivity contribution is 5.76. The van der Waals surface area contributed by atoms with Gasteiger partial charge < -0.3 is 15.4 Å². The molecule has 0 radical (unpaired) electrons. The molecule has 2 N–H and O–H groups in total. The Bertz CT molecular complexity index is 229. The molecular formula is C11H20N2O2. The van der Waals surface area contributed by atoms with Crippen LogP contribution in [0.15, 0.2) is 11.6 Å². The van der Waals surface area contributed by atoms with Gasteiger partial charge in [-0.1, -0.05) is 11.6 Å². The second-order valence-corrected chi connectivity index (χ2v) is 4.02. The Morgan fingerprint density at radius 1 is 1.60 bits per heavy atom. The number of rotatable bonds is 4. The molecule has 0 bridgehead atoms. The number of amides is 1. The topological polar surface area (TPSA) is 50.4 Å². The summed E-state index contributed by atoms with van der Waals surface area (Å²) < 4.78 is 5.27. The van der Waals surface area contributed by atoms with Crippen LogP contribution in [0.2, 0.25) is 0 Å². The molecule has 0 saturated carbocycles. The Morgan fingerprint density at radius 2 is 2.40 bits per heavy atom. The molecule has 1 aliphatic rings. The van der Waals surface area contributed by atoms with E-state index >= 15 is 0 Å². The van der Waals surface area contributed by atoms with Crippen molar-refractivity contribution in [2.45, 2.75) is 26.3 Å². The predicted octanol–water partition coefficient (Wildman–Crippen LogP) is 0.447. The third kappa shape index (κ3) is 5.54. The molecule has 1 aliphatic heterocycles. The highest BCUT2D eigenvalue weighted by atomic mass is 16.5. The predicted molar refractivity (Wildman–Crippen MR) is 59.7 cm³/mol. The monoisotopic (exact) mass is 212 g/mol. The minimum Gasteiger partial charge on any atom is -0.378 e. The minimum atomic E-state index is 0.0792. The van der Waals surface area contributed by atoms with E-state index in [1.165, 1.54) is 5.57 Å². The number of carbonyl (C=O) groups is 1. The van der Waals surface area contributed by atoms with Gasteiger partial charge in [-0.15, -0.1) is 0 Å². The Balaban J connectivity index is 2.14. The minimum absolute atomic E-state index is 0.0792. The lowest BCUT2D eigenvalue weighted by Crippen LogP contribution is -2.44. The van der Waals surface area contributed by atoms with Crippen molar-refractivity contribution in [3.63, 3.8) is 0 Å². The standard InChI is InChI=1S/C11H20N2O2/c1-9(2)3-4-13-11(14)7-10-8-15-6-5-12-10/h3,10,12H,4-8H2,1-2H3,(H,13,14). The summed E-state index contributed by atoms with van der Waals surface area (Å²) in [6, 6.07) is 0.172. The van der Waals surface area contributed by atoms with Gasteiger partial charge in [0.25, 0.3) is 0 Å². The lowest BCUT2D eigenvalue weighted by Gasteiger charge is -2.23. The first kappa shape index (κ1) is 12.2. The molecule has 1 amide bonds. The molecule has 0 aliphatic carbocycles. The van der Waals surface area contributed by atoms with E-state index in [0.29, 0.717) is 19.6 Å². The summed E-state index contributed by atoms with van der Waals surface area (Å²) in [6.07, 6.45) is 2.50. The van der Waals surface area contributed by atoms with Gasteiger partial charge in [-0.2, -0.15) is 0 Å². The van der Waals surface area contributed by atoms with Gasteiger partial charge in [0.2, 0.25) is 5.91 Å². The van der Waals surface area contributed by atoms with Crippen LogP contribution in [0.25, 0.3) is 0 Å². The van der Waals surface area contributed by atoms with Crippen LogP contribution in [0.3, 0.4) is 0 Å². The third-order valence-corrected chi connectivity index (χ3v) is 2.24. The largest absolute Gasteiger partial charge is 0.378 e. The molecule has 86 valence electrons. The van der Waals surface area contributed by atoms with Gasteiger partial charge in [0.1, 0.15) is 0 Å². The molecule has 1 unspecified atom stereocenters. The van der Waals surface area contributed by atoms with E-state index < -0.39 is 0 Å². The summed E-state index contributed by atoms with van der Waals surface area (Å²) >= 11 is 0. The normalized spacial score (nSPS) is 20.8. The molecule has 0 spiro atoms. The lowest BCUT2D eigenvalue weighted by molar-refractivity contribution is -0.122. The fraction of sp³-hybridized carbons (Fsp3) is 0.727. The highest BCUT2D eigenvalue weighted by Crippen LogP contribution is 1.98. The number of allylic oxidation sites excluding steroid dienone is 1. The second kappa shape index (κ2) is 6.58. The van der Waals surface area contributed by atoms with Gasteiger partial charge >= 0.3 is 0 Å². The zero-order valence-electron chi connectivity index (χ0n) is 9.51.